The first-order chi connectivity index (χ1) is 13.7. The average Bonchev–Trinajstić information content (AvgIpc) is 2.69. The number of carbonyl (C=O) groups excluding carboxylic acids is 2. The molecule has 1 aliphatic heterocycles. The molecule has 154 valence electrons. The monoisotopic (exact) mass is 402 g/mol. The summed E-state index contributed by atoms with van der Waals surface area (Å²) in [4.78, 5) is 25.8. The highest BCUT2D eigenvalue weighted by molar-refractivity contribution is 5.94. The first-order valence-corrected chi connectivity index (χ1v) is 9.55. The Morgan fingerprint density at radius 1 is 1.07 bits per heavy atom. The Labute approximate surface area is 168 Å². The van der Waals surface area contributed by atoms with Gasteiger partial charge in [-0.05, 0) is 49.2 Å². The summed E-state index contributed by atoms with van der Waals surface area (Å²) in [5.74, 6) is -2.36. The molecule has 0 aliphatic carbocycles. The molecule has 0 radical (unpaired) electrons. The number of halogens is 2. The molecule has 2 aromatic rings. The SMILES string of the molecule is CC(=O)N1CCC(C(=O)Nc2ccccc2Oc2ccc(C(C)(F)F)cc2)CC1. The van der Waals surface area contributed by atoms with Crippen molar-refractivity contribution in [1.82, 2.24) is 4.90 Å². The van der Waals surface area contributed by atoms with E-state index in [2.05, 4.69) is 5.32 Å². The summed E-state index contributed by atoms with van der Waals surface area (Å²) in [5.41, 5.74) is 0.416. The van der Waals surface area contributed by atoms with Crippen molar-refractivity contribution >= 4 is 17.5 Å². The zero-order valence-corrected chi connectivity index (χ0v) is 16.5. The van der Waals surface area contributed by atoms with Crippen LogP contribution in [0.1, 0.15) is 32.3 Å². The third-order valence-electron chi connectivity index (χ3n) is 5.05. The number of ether oxygens (including phenoxy) is 1. The summed E-state index contributed by atoms with van der Waals surface area (Å²) in [6.07, 6.45) is 1.22. The number of hydrogen-bond donors (Lipinski definition) is 1. The minimum Gasteiger partial charge on any atom is -0.455 e. The van der Waals surface area contributed by atoms with Crippen molar-refractivity contribution < 1.29 is 23.1 Å². The fourth-order valence-electron chi connectivity index (χ4n) is 3.29. The highest BCUT2D eigenvalue weighted by Crippen LogP contribution is 2.33. The molecule has 29 heavy (non-hydrogen) atoms. The number of amides is 2. The average molecular weight is 402 g/mol. The fraction of sp³-hybridized carbons (Fsp3) is 0.364. The molecule has 7 heteroatoms. The molecular formula is C22H24F2N2O3. The lowest BCUT2D eigenvalue weighted by Crippen LogP contribution is -2.40. The highest BCUT2D eigenvalue weighted by atomic mass is 19.3. The number of piperidine rings is 1. The van der Waals surface area contributed by atoms with Gasteiger partial charge in [0.15, 0.2) is 5.75 Å². The van der Waals surface area contributed by atoms with Gasteiger partial charge in [0.05, 0.1) is 5.69 Å². The molecule has 1 fully saturated rings. The number of hydrogen-bond acceptors (Lipinski definition) is 3. The number of likely N-dealkylation sites (tertiary alicyclic amines) is 1. The molecule has 0 atom stereocenters. The Morgan fingerprint density at radius 2 is 1.69 bits per heavy atom. The van der Waals surface area contributed by atoms with Gasteiger partial charge in [0.25, 0.3) is 5.92 Å². The minimum absolute atomic E-state index is 0.0226. The van der Waals surface area contributed by atoms with Gasteiger partial charge in [-0.25, -0.2) is 8.78 Å². The van der Waals surface area contributed by atoms with Crippen LogP contribution in [0.2, 0.25) is 0 Å². The Kier molecular flexibility index (Phi) is 6.15. The van der Waals surface area contributed by atoms with E-state index >= 15 is 0 Å². The van der Waals surface area contributed by atoms with E-state index in [0.29, 0.717) is 43.1 Å². The Morgan fingerprint density at radius 3 is 2.28 bits per heavy atom. The van der Waals surface area contributed by atoms with Gasteiger partial charge in [-0.15, -0.1) is 0 Å². The van der Waals surface area contributed by atoms with Crippen LogP contribution in [0.25, 0.3) is 0 Å². The van der Waals surface area contributed by atoms with Crippen LogP contribution in [-0.4, -0.2) is 29.8 Å². The molecule has 1 aliphatic rings. The molecule has 1 N–H and O–H groups in total. The van der Waals surface area contributed by atoms with Crippen LogP contribution >= 0.6 is 0 Å². The molecule has 3 rings (SSSR count). The van der Waals surface area contributed by atoms with Gasteiger partial charge in [-0.3, -0.25) is 9.59 Å². The molecule has 0 aromatic heterocycles. The van der Waals surface area contributed by atoms with Crippen molar-refractivity contribution in [2.75, 3.05) is 18.4 Å². The second kappa shape index (κ2) is 8.59. The van der Waals surface area contributed by atoms with E-state index in [1.165, 1.54) is 31.2 Å². The predicted molar refractivity (Wildman–Crippen MR) is 106 cm³/mol. The van der Waals surface area contributed by atoms with Gasteiger partial charge in [-0.1, -0.05) is 12.1 Å². The summed E-state index contributed by atoms with van der Waals surface area (Å²) in [5, 5.41) is 2.89. The summed E-state index contributed by atoms with van der Waals surface area (Å²) in [7, 11) is 0. The van der Waals surface area contributed by atoms with Gasteiger partial charge >= 0.3 is 0 Å². The first kappa shape index (κ1) is 20.8. The van der Waals surface area contributed by atoms with Crippen molar-refractivity contribution in [2.24, 2.45) is 5.92 Å². The van der Waals surface area contributed by atoms with E-state index in [4.69, 9.17) is 4.74 Å². The van der Waals surface area contributed by atoms with E-state index in [1.54, 1.807) is 29.2 Å². The summed E-state index contributed by atoms with van der Waals surface area (Å²) >= 11 is 0. The second-order valence-electron chi connectivity index (χ2n) is 7.28. The zero-order chi connectivity index (χ0) is 21.0. The molecule has 0 saturated carbocycles. The van der Waals surface area contributed by atoms with Gasteiger partial charge < -0.3 is 15.0 Å². The summed E-state index contributed by atoms with van der Waals surface area (Å²) < 4.78 is 32.5. The maximum absolute atomic E-state index is 13.4. The molecular weight excluding hydrogens is 378 g/mol. The number of benzene rings is 2. The number of nitrogens with zero attached hydrogens (tertiary/aromatic N) is 1. The van der Waals surface area contributed by atoms with Crippen LogP contribution in [0, 0.1) is 5.92 Å². The molecule has 0 spiro atoms. The fourth-order valence-corrected chi connectivity index (χ4v) is 3.29. The number of carbonyl (C=O) groups is 2. The van der Waals surface area contributed by atoms with Crippen molar-refractivity contribution in [2.45, 2.75) is 32.6 Å². The minimum atomic E-state index is -2.91. The molecule has 1 saturated heterocycles. The first-order valence-electron chi connectivity index (χ1n) is 9.55. The highest BCUT2D eigenvalue weighted by Gasteiger charge is 2.27. The van der Waals surface area contributed by atoms with E-state index in [-0.39, 0.29) is 23.3 Å². The molecule has 1 heterocycles. The van der Waals surface area contributed by atoms with E-state index in [1.807, 2.05) is 0 Å². The predicted octanol–water partition coefficient (Wildman–Crippen LogP) is 4.79. The third-order valence-corrected chi connectivity index (χ3v) is 5.05. The van der Waals surface area contributed by atoms with Gasteiger partial charge in [-0.2, -0.15) is 0 Å². The lowest BCUT2D eigenvalue weighted by Gasteiger charge is -2.30. The van der Waals surface area contributed by atoms with E-state index in [9.17, 15) is 18.4 Å². The second-order valence-corrected chi connectivity index (χ2v) is 7.28. The van der Waals surface area contributed by atoms with Gasteiger partial charge in [0.1, 0.15) is 5.75 Å². The van der Waals surface area contributed by atoms with Crippen LogP contribution in [0.5, 0.6) is 11.5 Å². The van der Waals surface area contributed by atoms with Crippen molar-refractivity contribution in [3.63, 3.8) is 0 Å². The van der Waals surface area contributed by atoms with Crippen LogP contribution in [-0.2, 0) is 15.5 Å². The lowest BCUT2D eigenvalue weighted by molar-refractivity contribution is -0.132. The number of nitrogens with one attached hydrogen (secondary N) is 1. The van der Waals surface area contributed by atoms with Crippen LogP contribution < -0.4 is 10.1 Å². The molecule has 2 amide bonds. The summed E-state index contributed by atoms with van der Waals surface area (Å²) in [6, 6.07) is 12.6. The molecule has 5 nitrogen and oxygen atoms in total. The maximum Gasteiger partial charge on any atom is 0.270 e. The Bertz CT molecular complexity index is 870. The standard InChI is InChI=1S/C22H24F2N2O3/c1-15(27)26-13-11-16(12-14-26)21(28)25-19-5-3-4-6-20(19)29-18-9-7-17(8-10-18)22(2,23)24/h3-10,16H,11-14H2,1-2H3,(H,25,28). The van der Waals surface area contributed by atoms with Crippen LogP contribution in [0.15, 0.2) is 48.5 Å². The number of anilines is 1. The van der Waals surface area contributed by atoms with Crippen molar-refractivity contribution in [1.29, 1.82) is 0 Å². The third kappa shape index (κ3) is 5.31. The molecule has 0 bridgehead atoms. The van der Waals surface area contributed by atoms with Crippen molar-refractivity contribution in [3.05, 3.63) is 54.1 Å². The van der Waals surface area contributed by atoms with Gasteiger partial charge in [0.2, 0.25) is 11.8 Å². The Hall–Kier alpha value is -2.96. The number of rotatable bonds is 5. The number of para-hydroxylation sites is 2. The van der Waals surface area contributed by atoms with Crippen LogP contribution in [0.4, 0.5) is 14.5 Å². The van der Waals surface area contributed by atoms with E-state index < -0.39 is 5.92 Å². The quantitative estimate of drug-likeness (QED) is 0.783. The smallest absolute Gasteiger partial charge is 0.270 e. The summed E-state index contributed by atoms with van der Waals surface area (Å²) in [6.45, 7) is 3.51. The Balaban J connectivity index is 1.66. The largest absolute Gasteiger partial charge is 0.455 e. The van der Waals surface area contributed by atoms with Crippen molar-refractivity contribution in [3.8, 4) is 11.5 Å². The molecule has 0 unspecified atom stereocenters. The van der Waals surface area contributed by atoms with Crippen LogP contribution in [0.3, 0.4) is 0 Å². The normalized spacial score (nSPS) is 15.1. The topological polar surface area (TPSA) is 58.6 Å². The maximum atomic E-state index is 13.4. The molecule has 2 aromatic carbocycles. The number of alkyl halides is 2. The van der Waals surface area contributed by atoms with Gasteiger partial charge in [0, 0.05) is 38.4 Å². The lowest BCUT2D eigenvalue weighted by atomic mass is 9.96. The van der Waals surface area contributed by atoms with E-state index in [0.717, 1.165) is 6.92 Å². The zero-order valence-electron chi connectivity index (χ0n) is 16.5.